The number of aryl methyl sites for hydroxylation is 3. The molecule has 2 aromatic carbocycles. The molecule has 6 heteroatoms. The van der Waals surface area contributed by atoms with E-state index in [0.717, 1.165) is 22.5 Å². The van der Waals surface area contributed by atoms with E-state index in [-0.39, 0.29) is 11.7 Å². The Balaban J connectivity index is 1.36. The standard InChI is InChI=1S/C24H25N3O3/c1-14-11-18-20(28)13-24(30-21(18)12-15(14)2)7-9-27(10-8-24)23(29)17-5-4-6-19-22(17)26-16(3)25-19/h4-6,11-12H,7-10,13H2,1-3H3,(H,25,26). The van der Waals surface area contributed by atoms with Crippen molar-refractivity contribution in [2.45, 2.75) is 45.6 Å². The zero-order valence-electron chi connectivity index (χ0n) is 17.5. The van der Waals surface area contributed by atoms with Crippen LogP contribution in [0.1, 0.15) is 56.9 Å². The summed E-state index contributed by atoms with van der Waals surface area (Å²) < 4.78 is 6.40. The van der Waals surface area contributed by atoms with Crippen LogP contribution >= 0.6 is 0 Å². The number of amides is 1. The largest absolute Gasteiger partial charge is 0.486 e. The molecule has 0 bridgehead atoms. The Labute approximate surface area is 175 Å². The van der Waals surface area contributed by atoms with Crippen molar-refractivity contribution in [3.8, 4) is 5.75 Å². The first-order valence-corrected chi connectivity index (χ1v) is 10.4. The lowest BCUT2D eigenvalue weighted by atomic mass is 9.81. The summed E-state index contributed by atoms with van der Waals surface area (Å²) >= 11 is 0. The molecule has 1 fully saturated rings. The Kier molecular flexibility index (Phi) is 4.20. The molecule has 0 atom stereocenters. The number of imidazole rings is 1. The number of H-pyrrole nitrogens is 1. The predicted octanol–water partition coefficient (Wildman–Crippen LogP) is 4.13. The molecule has 0 saturated carbocycles. The third kappa shape index (κ3) is 2.98. The zero-order chi connectivity index (χ0) is 21.0. The number of ether oxygens (including phenoxy) is 1. The minimum absolute atomic E-state index is 0.0176. The minimum Gasteiger partial charge on any atom is -0.486 e. The van der Waals surface area contributed by atoms with Gasteiger partial charge >= 0.3 is 0 Å². The molecule has 1 saturated heterocycles. The van der Waals surface area contributed by atoms with Crippen LogP contribution in [0, 0.1) is 20.8 Å². The highest BCUT2D eigenvalue weighted by Crippen LogP contribution is 2.40. The van der Waals surface area contributed by atoms with E-state index in [1.54, 1.807) is 0 Å². The molecule has 0 unspecified atom stereocenters. The fourth-order valence-electron chi connectivity index (χ4n) is 4.64. The van der Waals surface area contributed by atoms with Gasteiger partial charge in [-0.2, -0.15) is 0 Å². The Morgan fingerprint density at radius 3 is 2.63 bits per heavy atom. The molecule has 1 spiro atoms. The van der Waals surface area contributed by atoms with Crippen molar-refractivity contribution in [1.82, 2.24) is 14.9 Å². The number of likely N-dealkylation sites (tertiary alicyclic amines) is 1. The fraction of sp³-hybridized carbons (Fsp3) is 0.375. The second kappa shape index (κ2) is 6.69. The van der Waals surface area contributed by atoms with Gasteiger partial charge in [0.1, 0.15) is 22.7 Å². The van der Waals surface area contributed by atoms with Crippen LogP contribution < -0.4 is 4.74 Å². The molecule has 6 nitrogen and oxygen atoms in total. The number of Topliss-reactive ketones (excluding diaryl/α,β-unsaturated/α-hetero) is 1. The normalized spacial score (nSPS) is 17.8. The third-order valence-electron chi connectivity index (χ3n) is 6.53. The molecule has 0 aliphatic carbocycles. The number of aromatic amines is 1. The van der Waals surface area contributed by atoms with E-state index >= 15 is 0 Å². The van der Waals surface area contributed by atoms with Crippen LogP contribution in [-0.2, 0) is 0 Å². The third-order valence-corrected chi connectivity index (χ3v) is 6.53. The number of nitrogens with one attached hydrogen (secondary N) is 1. The van der Waals surface area contributed by atoms with E-state index in [4.69, 9.17) is 4.74 Å². The van der Waals surface area contributed by atoms with Gasteiger partial charge < -0.3 is 14.6 Å². The van der Waals surface area contributed by atoms with Gasteiger partial charge in [0.25, 0.3) is 5.91 Å². The SMILES string of the molecule is Cc1nc2c(C(=O)N3CCC4(CC3)CC(=O)c3cc(C)c(C)cc3O4)cccc2[nH]1. The van der Waals surface area contributed by atoms with E-state index in [1.807, 2.05) is 56.0 Å². The summed E-state index contributed by atoms with van der Waals surface area (Å²) in [6, 6.07) is 9.55. The number of fused-ring (bicyclic) bond motifs is 2. The molecule has 2 aliphatic rings. The van der Waals surface area contributed by atoms with E-state index in [2.05, 4.69) is 9.97 Å². The number of hydrogen-bond donors (Lipinski definition) is 1. The predicted molar refractivity (Wildman–Crippen MR) is 114 cm³/mol. The van der Waals surface area contributed by atoms with Gasteiger partial charge in [-0.3, -0.25) is 9.59 Å². The quantitative estimate of drug-likeness (QED) is 0.663. The van der Waals surface area contributed by atoms with Crippen LogP contribution in [-0.4, -0.2) is 45.2 Å². The van der Waals surface area contributed by atoms with Crippen LogP contribution in [0.5, 0.6) is 5.75 Å². The summed E-state index contributed by atoms with van der Waals surface area (Å²) in [6.07, 6.45) is 1.66. The molecule has 154 valence electrons. The molecule has 1 N–H and O–H groups in total. The van der Waals surface area contributed by atoms with E-state index < -0.39 is 5.60 Å². The molecule has 3 aromatic rings. The van der Waals surface area contributed by atoms with Crippen molar-refractivity contribution in [2.24, 2.45) is 0 Å². The Morgan fingerprint density at radius 2 is 1.87 bits per heavy atom. The number of aromatic nitrogens is 2. The van der Waals surface area contributed by atoms with Crippen molar-refractivity contribution in [3.05, 3.63) is 58.4 Å². The maximum Gasteiger partial charge on any atom is 0.256 e. The first-order chi connectivity index (χ1) is 14.3. The number of para-hydroxylation sites is 1. The average Bonchev–Trinajstić information content (AvgIpc) is 3.10. The number of ketones is 1. The number of carbonyl (C=O) groups excluding carboxylic acids is 2. The van der Waals surface area contributed by atoms with Gasteiger partial charge in [-0.25, -0.2) is 4.98 Å². The molecule has 3 heterocycles. The maximum atomic E-state index is 13.2. The summed E-state index contributed by atoms with van der Waals surface area (Å²) in [7, 11) is 0. The maximum absolute atomic E-state index is 13.2. The topological polar surface area (TPSA) is 75.3 Å². The number of carbonyl (C=O) groups is 2. The van der Waals surface area contributed by atoms with Gasteiger partial charge in [0, 0.05) is 25.9 Å². The van der Waals surface area contributed by atoms with Crippen LogP contribution in [0.4, 0.5) is 0 Å². The Morgan fingerprint density at radius 1 is 1.13 bits per heavy atom. The van der Waals surface area contributed by atoms with Crippen molar-refractivity contribution in [1.29, 1.82) is 0 Å². The number of piperidine rings is 1. The fourth-order valence-corrected chi connectivity index (χ4v) is 4.64. The van der Waals surface area contributed by atoms with Gasteiger partial charge in [-0.05, 0) is 56.2 Å². The van der Waals surface area contributed by atoms with E-state index in [9.17, 15) is 9.59 Å². The molecule has 0 radical (unpaired) electrons. The van der Waals surface area contributed by atoms with Gasteiger partial charge in [-0.1, -0.05) is 6.07 Å². The van der Waals surface area contributed by atoms with Gasteiger partial charge in [0.2, 0.25) is 0 Å². The summed E-state index contributed by atoms with van der Waals surface area (Å²) in [5, 5.41) is 0. The van der Waals surface area contributed by atoms with E-state index in [0.29, 0.717) is 54.7 Å². The highest BCUT2D eigenvalue weighted by Gasteiger charge is 2.44. The summed E-state index contributed by atoms with van der Waals surface area (Å²) in [4.78, 5) is 35.6. The molecule has 5 rings (SSSR count). The highest BCUT2D eigenvalue weighted by atomic mass is 16.5. The average molecular weight is 403 g/mol. The van der Waals surface area contributed by atoms with Gasteiger partial charge in [0.15, 0.2) is 5.78 Å². The van der Waals surface area contributed by atoms with Crippen LogP contribution in [0.25, 0.3) is 11.0 Å². The number of hydrogen-bond acceptors (Lipinski definition) is 4. The van der Waals surface area contributed by atoms with Gasteiger partial charge in [-0.15, -0.1) is 0 Å². The molecule has 1 amide bonds. The molecule has 2 aliphatic heterocycles. The Hall–Kier alpha value is -3.15. The van der Waals surface area contributed by atoms with Gasteiger partial charge in [0.05, 0.1) is 23.1 Å². The van der Waals surface area contributed by atoms with E-state index in [1.165, 1.54) is 0 Å². The molecule has 1 aromatic heterocycles. The van der Waals surface area contributed by atoms with Crippen molar-refractivity contribution >= 4 is 22.7 Å². The minimum atomic E-state index is -0.516. The summed E-state index contributed by atoms with van der Waals surface area (Å²) in [6.45, 7) is 7.05. The second-order valence-corrected chi connectivity index (χ2v) is 8.63. The smallest absolute Gasteiger partial charge is 0.256 e. The zero-order valence-corrected chi connectivity index (χ0v) is 17.5. The summed E-state index contributed by atoms with van der Waals surface area (Å²) in [5.74, 6) is 1.60. The Bertz CT molecular complexity index is 1190. The highest BCUT2D eigenvalue weighted by molar-refractivity contribution is 6.05. The van der Waals surface area contributed by atoms with Crippen LogP contribution in [0.2, 0.25) is 0 Å². The van der Waals surface area contributed by atoms with Crippen LogP contribution in [0.3, 0.4) is 0 Å². The lowest BCUT2D eigenvalue weighted by Gasteiger charge is -2.44. The van der Waals surface area contributed by atoms with Crippen molar-refractivity contribution in [2.75, 3.05) is 13.1 Å². The van der Waals surface area contributed by atoms with Crippen molar-refractivity contribution < 1.29 is 14.3 Å². The molecular weight excluding hydrogens is 378 g/mol. The molecule has 30 heavy (non-hydrogen) atoms. The first kappa shape index (κ1) is 18.9. The second-order valence-electron chi connectivity index (χ2n) is 8.63. The first-order valence-electron chi connectivity index (χ1n) is 10.4. The van der Waals surface area contributed by atoms with Crippen LogP contribution in [0.15, 0.2) is 30.3 Å². The lowest BCUT2D eigenvalue weighted by Crippen LogP contribution is -2.52. The number of nitrogens with zero attached hydrogens (tertiary/aromatic N) is 2. The monoisotopic (exact) mass is 403 g/mol. The lowest BCUT2D eigenvalue weighted by molar-refractivity contribution is -0.00570. The van der Waals surface area contributed by atoms with Crippen molar-refractivity contribution in [3.63, 3.8) is 0 Å². The molecular formula is C24H25N3O3. The summed E-state index contributed by atoms with van der Waals surface area (Å²) in [5.41, 5.74) is 4.59. The number of benzene rings is 2. The number of rotatable bonds is 1.